The summed E-state index contributed by atoms with van der Waals surface area (Å²) in [6.07, 6.45) is 0. The van der Waals surface area contributed by atoms with E-state index in [9.17, 15) is 17.8 Å². The molecule has 20 heavy (non-hydrogen) atoms. The van der Waals surface area contributed by atoms with E-state index >= 15 is 0 Å². The van der Waals surface area contributed by atoms with Gasteiger partial charge in [-0.1, -0.05) is 30.3 Å². The summed E-state index contributed by atoms with van der Waals surface area (Å²) in [6.45, 7) is 0. The van der Waals surface area contributed by atoms with Crippen LogP contribution in [0.4, 0.5) is 5.13 Å². The van der Waals surface area contributed by atoms with Crippen LogP contribution >= 0.6 is 22.1 Å². The first-order valence-electron chi connectivity index (χ1n) is 5.35. The molecule has 0 unspecified atom stereocenters. The first-order valence-corrected chi connectivity index (χ1v) is 9.14. The van der Waals surface area contributed by atoms with Gasteiger partial charge in [0.1, 0.15) is 9.15 Å². The zero-order valence-electron chi connectivity index (χ0n) is 9.98. The van der Waals surface area contributed by atoms with E-state index in [0.29, 0.717) is 5.13 Å². The Morgan fingerprint density at radius 3 is 2.70 bits per heavy atom. The summed E-state index contributed by atoms with van der Waals surface area (Å²) in [5.74, 6) is -1.03. The zero-order valence-corrected chi connectivity index (χ0v) is 12.4. The van der Waals surface area contributed by atoms with Crippen LogP contribution in [0.2, 0.25) is 0 Å². The molecular weight excluding hydrogens is 320 g/mol. The number of anilines is 1. The van der Waals surface area contributed by atoms with Crippen molar-refractivity contribution in [2.75, 3.05) is 11.1 Å². The van der Waals surface area contributed by atoms with Crippen molar-refractivity contribution in [3.63, 3.8) is 0 Å². The van der Waals surface area contributed by atoms with Gasteiger partial charge in [0.25, 0.3) is 0 Å². The van der Waals surface area contributed by atoms with Crippen molar-refractivity contribution < 1.29 is 17.8 Å². The third-order valence-corrected chi connectivity index (χ3v) is 4.80. The SMILES string of the molecule is O=C(CSS(=O)(=O)[O-])Nc1nc(-c2ccccc2)cs1. The Morgan fingerprint density at radius 2 is 2.05 bits per heavy atom. The number of carbonyl (C=O) groups excluding carboxylic acids is 1. The van der Waals surface area contributed by atoms with Gasteiger partial charge in [0.05, 0.1) is 11.4 Å². The molecule has 1 heterocycles. The number of thiazole rings is 1. The van der Waals surface area contributed by atoms with Gasteiger partial charge in [-0.3, -0.25) is 4.79 Å². The van der Waals surface area contributed by atoms with Crippen LogP contribution in [0.15, 0.2) is 35.7 Å². The van der Waals surface area contributed by atoms with Crippen molar-refractivity contribution in [2.24, 2.45) is 0 Å². The molecule has 0 fully saturated rings. The molecule has 2 rings (SSSR count). The summed E-state index contributed by atoms with van der Waals surface area (Å²) in [5, 5.41) is 4.59. The fourth-order valence-electron chi connectivity index (χ4n) is 1.35. The summed E-state index contributed by atoms with van der Waals surface area (Å²) in [7, 11) is -4.41. The smallest absolute Gasteiger partial charge is 0.237 e. The Bertz CT molecular complexity index is 697. The Labute approximate surface area is 123 Å². The lowest BCUT2D eigenvalue weighted by Crippen LogP contribution is -2.15. The number of hydrogen-bond donors (Lipinski definition) is 1. The number of nitrogens with one attached hydrogen (secondary N) is 1. The molecule has 0 aliphatic carbocycles. The van der Waals surface area contributed by atoms with Gasteiger partial charge in [0.2, 0.25) is 5.91 Å². The Morgan fingerprint density at radius 1 is 1.35 bits per heavy atom. The number of nitrogens with zero attached hydrogens (tertiary/aromatic N) is 1. The molecule has 0 aliphatic heterocycles. The average Bonchev–Trinajstić information content (AvgIpc) is 2.85. The van der Waals surface area contributed by atoms with Gasteiger partial charge in [-0.25, -0.2) is 13.4 Å². The van der Waals surface area contributed by atoms with Crippen LogP contribution in [-0.2, 0) is 13.9 Å². The van der Waals surface area contributed by atoms with Gasteiger partial charge in [0, 0.05) is 10.9 Å². The molecule has 0 bridgehead atoms. The van der Waals surface area contributed by atoms with Crippen LogP contribution in [0.3, 0.4) is 0 Å². The van der Waals surface area contributed by atoms with Crippen molar-refractivity contribution in [2.45, 2.75) is 0 Å². The van der Waals surface area contributed by atoms with E-state index in [1.54, 1.807) is 5.38 Å². The van der Waals surface area contributed by atoms with E-state index in [4.69, 9.17) is 0 Å². The second-order valence-electron chi connectivity index (χ2n) is 3.62. The number of hydrogen-bond acceptors (Lipinski definition) is 7. The van der Waals surface area contributed by atoms with Gasteiger partial charge in [0.15, 0.2) is 5.13 Å². The highest BCUT2D eigenvalue weighted by Crippen LogP contribution is 2.24. The Kier molecular flexibility index (Phi) is 4.76. The van der Waals surface area contributed by atoms with E-state index in [-0.39, 0.29) is 10.8 Å². The molecule has 0 saturated carbocycles. The lowest BCUT2D eigenvalue weighted by molar-refractivity contribution is -0.113. The molecule has 106 valence electrons. The Hall–Kier alpha value is -1.42. The van der Waals surface area contributed by atoms with Crippen molar-refractivity contribution in [1.82, 2.24) is 4.98 Å². The summed E-state index contributed by atoms with van der Waals surface area (Å²) in [6, 6.07) is 9.42. The number of carbonyl (C=O) groups is 1. The highest BCUT2D eigenvalue weighted by Gasteiger charge is 2.09. The van der Waals surface area contributed by atoms with E-state index in [0.717, 1.165) is 11.3 Å². The van der Waals surface area contributed by atoms with Gasteiger partial charge in [-0.15, -0.1) is 11.3 Å². The van der Waals surface area contributed by atoms with Gasteiger partial charge >= 0.3 is 0 Å². The second-order valence-corrected chi connectivity index (χ2v) is 7.75. The molecule has 1 aromatic carbocycles. The molecule has 0 atom stereocenters. The number of rotatable bonds is 5. The van der Waals surface area contributed by atoms with Crippen molar-refractivity contribution in [3.8, 4) is 11.3 Å². The maximum absolute atomic E-state index is 11.4. The van der Waals surface area contributed by atoms with E-state index in [1.165, 1.54) is 11.3 Å². The van der Waals surface area contributed by atoms with Crippen LogP contribution in [0, 0.1) is 0 Å². The topological polar surface area (TPSA) is 99.2 Å². The van der Waals surface area contributed by atoms with Crippen LogP contribution in [0.25, 0.3) is 11.3 Å². The highest BCUT2D eigenvalue weighted by atomic mass is 33.1. The molecule has 6 nitrogen and oxygen atoms in total. The largest absolute Gasteiger partial charge is 0.739 e. The molecule has 2 aromatic rings. The molecule has 0 saturated heterocycles. The van der Waals surface area contributed by atoms with E-state index < -0.39 is 20.8 Å². The third-order valence-electron chi connectivity index (χ3n) is 2.15. The standard InChI is InChI=1S/C11H10N2O4S3/c14-10(7-19-20(15,16)17)13-11-12-9(6-18-11)8-4-2-1-3-5-8/h1-6H,7H2,(H,12,13,14)(H,15,16,17)/p-1. The summed E-state index contributed by atoms with van der Waals surface area (Å²) in [4.78, 5) is 15.7. The van der Waals surface area contributed by atoms with Crippen LogP contribution in [-0.4, -0.2) is 29.6 Å². The number of amides is 1. The first-order chi connectivity index (χ1) is 9.44. The molecular formula is C11H9N2O4S3-. The number of aromatic nitrogens is 1. The predicted molar refractivity (Wildman–Crippen MR) is 78.3 cm³/mol. The molecule has 0 aliphatic rings. The second kappa shape index (κ2) is 6.35. The zero-order chi connectivity index (χ0) is 14.6. The highest BCUT2D eigenvalue weighted by molar-refractivity contribution is 8.70. The lowest BCUT2D eigenvalue weighted by Gasteiger charge is -2.04. The first kappa shape index (κ1) is 15.0. The molecule has 9 heteroatoms. The average molecular weight is 329 g/mol. The Balaban J connectivity index is 1.98. The maximum atomic E-state index is 11.4. The van der Waals surface area contributed by atoms with Gasteiger partial charge in [-0.2, -0.15) is 0 Å². The minimum atomic E-state index is -4.46. The third kappa shape index (κ3) is 4.60. The summed E-state index contributed by atoms with van der Waals surface area (Å²) >= 11 is 1.23. The predicted octanol–water partition coefficient (Wildman–Crippen LogP) is 1.94. The van der Waals surface area contributed by atoms with Gasteiger partial charge < -0.3 is 9.87 Å². The minimum Gasteiger partial charge on any atom is -0.739 e. The normalized spacial score (nSPS) is 11.2. The fraction of sp³-hybridized carbons (Fsp3) is 0.0909. The molecule has 1 N–H and O–H groups in total. The van der Waals surface area contributed by atoms with Crippen molar-refractivity contribution in [1.29, 1.82) is 0 Å². The molecule has 1 amide bonds. The summed E-state index contributed by atoms with van der Waals surface area (Å²) in [5.41, 5.74) is 1.63. The van der Waals surface area contributed by atoms with Crippen molar-refractivity contribution >= 4 is 42.3 Å². The molecule has 0 spiro atoms. The van der Waals surface area contributed by atoms with E-state index in [2.05, 4.69) is 10.3 Å². The molecule has 1 aromatic heterocycles. The fourth-order valence-corrected chi connectivity index (χ4v) is 3.17. The van der Waals surface area contributed by atoms with Gasteiger partial charge in [-0.05, 0) is 10.8 Å². The quantitative estimate of drug-likeness (QED) is 0.665. The maximum Gasteiger partial charge on any atom is 0.237 e. The van der Waals surface area contributed by atoms with Crippen molar-refractivity contribution in [3.05, 3.63) is 35.7 Å². The monoisotopic (exact) mass is 329 g/mol. The van der Waals surface area contributed by atoms with Crippen LogP contribution in [0.5, 0.6) is 0 Å². The lowest BCUT2D eigenvalue weighted by atomic mass is 10.2. The number of benzene rings is 1. The van der Waals surface area contributed by atoms with Crippen LogP contribution in [0.1, 0.15) is 0 Å². The summed E-state index contributed by atoms with van der Waals surface area (Å²) < 4.78 is 31.2. The van der Waals surface area contributed by atoms with Crippen LogP contribution < -0.4 is 5.32 Å². The van der Waals surface area contributed by atoms with E-state index in [1.807, 2.05) is 30.3 Å². The minimum absolute atomic E-state index is 0.0456. The molecule has 0 radical (unpaired) electrons.